The highest BCUT2D eigenvalue weighted by molar-refractivity contribution is 9.09. The van der Waals surface area contributed by atoms with Gasteiger partial charge in [-0.3, -0.25) is 19.2 Å². The number of carboxylic acid groups (broad SMARTS) is 1. The van der Waals surface area contributed by atoms with Gasteiger partial charge in [0.2, 0.25) is 0 Å². The monoisotopic (exact) mass is 1350 g/mol. The van der Waals surface area contributed by atoms with Crippen molar-refractivity contribution in [1.29, 1.82) is 0 Å². The number of aliphatic carboxylic acids is 1. The normalized spacial score (nSPS) is 10.8. The zero-order valence-electron chi connectivity index (χ0n) is 53.8. The van der Waals surface area contributed by atoms with E-state index < -0.39 is 24.1 Å². The van der Waals surface area contributed by atoms with Crippen molar-refractivity contribution in [2.24, 2.45) is 0 Å². The number of esters is 2. The van der Waals surface area contributed by atoms with Crippen molar-refractivity contribution in [2.75, 3.05) is 82.5 Å². The molecule has 0 aliphatic rings. The Morgan fingerprint density at radius 3 is 1.01 bits per heavy atom. The number of fused-ring (bicyclic) bond motifs is 3. The zero-order valence-corrected chi connectivity index (χ0v) is 55.4. The lowest BCUT2D eigenvalue weighted by molar-refractivity contribution is -0.157. The number of halogens is 1. The number of methoxy groups -OCH3 is 9. The van der Waals surface area contributed by atoms with E-state index in [1.807, 2.05) is 20.8 Å². The molecule has 0 spiro atoms. The van der Waals surface area contributed by atoms with Crippen LogP contribution in [0.3, 0.4) is 0 Å². The van der Waals surface area contributed by atoms with Crippen molar-refractivity contribution in [2.45, 2.75) is 52.7 Å². The second-order valence-corrected chi connectivity index (χ2v) is 22.0. The maximum absolute atomic E-state index is 12.9. The van der Waals surface area contributed by atoms with Gasteiger partial charge in [-0.15, -0.1) is 0 Å². The summed E-state index contributed by atoms with van der Waals surface area (Å²) in [7, 11) is 13.4. The number of phenols is 1. The summed E-state index contributed by atoms with van der Waals surface area (Å²) in [6.07, 6.45) is 0. The maximum Gasteiger partial charge on any atom is 0.344 e. The molecule has 0 aliphatic heterocycles. The van der Waals surface area contributed by atoms with Crippen LogP contribution in [0.1, 0.15) is 41.5 Å². The minimum absolute atomic E-state index is 0.0491. The smallest absolute Gasteiger partial charge is 0.344 e. The molecular formula is C68H71BrO24. The van der Waals surface area contributed by atoms with Gasteiger partial charge in [0.05, 0.1) is 64.0 Å². The molecule has 0 fully saturated rings. The Morgan fingerprint density at radius 2 is 0.710 bits per heavy atom. The number of carbonyl (C=O) groups is 3. The van der Waals surface area contributed by atoms with E-state index in [4.69, 9.17) is 79.9 Å². The van der Waals surface area contributed by atoms with Gasteiger partial charge in [0, 0.05) is 71.3 Å². The first kappa shape index (κ1) is 71.5. The highest BCUT2D eigenvalue weighted by atomic mass is 79.9. The van der Waals surface area contributed by atoms with E-state index in [9.17, 15) is 33.9 Å². The van der Waals surface area contributed by atoms with E-state index in [0.717, 1.165) is 0 Å². The number of carbonyl (C=O) groups excluding carboxylic acids is 2. The van der Waals surface area contributed by atoms with Crippen molar-refractivity contribution in [3.63, 3.8) is 0 Å². The number of aromatic hydroxyl groups is 1. The highest BCUT2D eigenvalue weighted by Gasteiger charge is 2.22. The van der Waals surface area contributed by atoms with E-state index in [0.29, 0.717) is 74.2 Å². The molecule has 0 radical (unpaired) electrons. The summed E-state index contributed by atoms with van der Waals surface area (Å²) in [5, 5.41) is 19.6. The summed E-state index contributed by atoms with van der Waals surface area (Å²) >= 11 is 2.99. The Labute approximate surface area is 541 Å². The summed E-state index contributed by atoms with van der Waals surface area (Å²) in [4.78, 5) is 71.3. The molecule has 3 heterocycles. The number of hydrogen-bond acceptors (Lipinski definition) is 23. The molecule has 24 nitrogen and oxygen atoms in total. The SMILES string of the molecule is CC(C)(C)OC(=O)CBr.COc1ccc(-c2cc(=O)c3c(OC)cc(O)cc3o2)cc1OC.COc1ccc(-c2cc(=O)c3c(OC)cc(OCC(=O)O)cc3o2)cc1OC.COc1ccc(-c2cc(=O)c3c(OC)cc(OCC(=O)OC(C)(C)C)cc3o2)cc1OC. The van der Waals surface area contributed by atoms with Crippen LogP contribution in [-0.4, -0.2) is 122 Å². The number of benzene rings is 6. The lowest BCUT2D eigenvalue weighted by Crippen LogP contribution is -2.27. The fourth-order valence-corrected chi connectivity index (χ4v) is 8.88. The topological polar surface area (TPSA) is 302 Å². The molecule has 0 saturated heterocycles. The first-order valence-corrected chi connectivity index (χ1v) is 29.1. The van der Waals surface area contributed by atoms with Gasteiger partial charge in [-0.25, -0.2) is 9.59 Å². The lowest BCUT2D eigenvalue weighted by atomic mass is 10.1. The van der Waals surface area contributed by atoms with Crippen molar-refractivity contribution in [3.05, 3.63) is 140 Å². The van der Waals surface area contributed by atoms with E-state index in [2.05, 4.69) is 15.9 Å². The highest BCUT2D eigenvalue weighted by Crippen LogP contribution is 2.39. The van der Waals surface area contributed by atoms with Crippen molar-refractivity contribution < 1.29 is 99.4 Å². The van der Waals surface area contributed by atoms with Crippen LogP contribution in [0.4, 0.5) is 0 Å². The molecule has 3 aromatic heterocycles. The quantitative estimate of drug-likeness (QED) is 0.0561. The minimum atomic E-state index is -1.13. The third-order valence-corrected chi connectivity index (χ3v) is 13.1. The third-order valence-electron chi connectivity index (χ3n) is 12.6. The predicted molar refractivity (Wildman–Crippen MR) is 349 cm³/mol. The molecule has 494 valence electrons. The van der Waals surface area contributed by atoms with Gasteiger partial charge in [-0.05, 0) is 96.1 Å². The molecule has 0 amide bonds. The lowest BCUT2D eigenvalue weighted by Gasteiger charge is -2.19. The van der Waals surface area contributed by atoms with Gasteiger partial charge in [0.25, 0.3) is 0 Å². The molecular weight excluding hydrogens is 1280 g/mol. The number of hydrogen-bond donors (Lipinski definition) is 2. The Hall–Kier alpha value is -10.6. The van der Waals surface area contributed by atoms with Gasteiger partial charge < -0.3 is 85.0 Å². The molecule has 9 aromatic rings. The number of phenolic OH excluding ortho intramolecular Hbond substituents is 1. The van der Waals surface area contributed by atoms with Crippen LogP contribution in [0.5, 0.6) is 69.0 Å². The molecule has 0 aliphatic carbocycles. The fraction of sp³-hybridized carbons (Fsp3) is 0.294. The molecule has 0 saturated carbocycles. The molecule has 0 unspecified atom stereocenters. The number of carboxylic acids is 1. The average Bonchev–Trinajstić information content (AvgIpc) is 0.821. The van der Waals surface area contributed by atoms with Crippen LogP contribution in [0, 0.1) is 0 Å². The van der Waals surface area contributed by atoms with Gasteiger partial charge in [-0.1, -0.05) is 15.9 Å². The van der Waals surface area contributed by atoms with Crippen LogP contribution in [0.2, 0.25) is 0 Å². The van der Waals surface area contributed by atoms with Crippen molar-refractivity contribution in [1.82, 2.24) is 0 Å². The van der Waals surface area contributed by atoms with Crippen LogP contribution in [0.15, 0.2) is 137 Å². The Balaban J connectivity index is 0.000000209. The second kappa shape index (κ2) is 31.9. The molecule has 0 atom stereocenters. The zero-order chi connectivity index (χ0) is 68.5. The summed E-state index contributed by atoms with van der Waals surface area (Å²) in [6.45, 7) is 10.0. The van der Waals surface area contributed by atoms with Gasteiger partial charge in [-0.2, -0.15) is 0 Å². The fourth-order valence-electron chi connectivity index (χ4n) is 8.77. The summed E-state index contributed by atoms with van der Waals surface area (Å²) < 4.78 is 85.9. The van der Waals surface area contributed by atoms with Gasteiger partial charge in [0.15, 0.2) is 64.0 Å². The average molecular weight is 1350 g/mol. The molecule has 25 heteroatoms. The van der Waals surface area contributed by atoms with Crippen LogP contribution >= 0.6 is 15.9 Å². The third kappa shape index (κ3) is 19.0. The van der Waals surface area contributed by atoms with E-state index in [-0.39, 0.29) is 101 Å². The predicted octanol–water partition coefficient (Wildman–Crippen LogP) is 12.1. The van der Waals surface area contributed by atoms with E-state index in [1.54, 1.807) is 89.6 Å². The second-order valence-electron chi connectivity index (χ2n) is 21.4. The molecule has 6 aromatic carbocycles. The van der Waals surface area contributed by atoms with Crippen molar-refractivity contribution in [3.8, 4) is 103 Å². The number of alkyl halides is 1. The largest absolute Gasteiger partial charge is 0.508 e. The molecule has 0 bridgehead atoms. The minimum Gasteiger partial charge on any atom is -0.508 e. The maximum atomic E-state index is 12.9. The molecule has 9 rings (SSSR count). The standard InChI is InChI=1S/C24H26O8.C20H18O8.C18H16O6.C6H11BrO2/c1-24(2,3)32-22(26)13-30-15-10-20(29-6)23-16(25)12-18(31-21(23)11-15)14-7-8-17(27-4)19(9-14)28-5;1-24-14-5-4-11(6-16(14)25-2)15-9-13(21)20-17(26-3)7-12(8-18(20)28-15)27-10-19(22)23;1-21-13-5-4-10(6-15(13)22-2)14-9-12(20)18-16(23-3)7-11(19)8-17(18)24-14;1-6(2,3)9-5(8)4-7/h7-12H,13H2,1-6H3;4-9H,10H2,1-3H3,(H,22,23);4-9,19H,1-3H3;4H2,1-3H3. The van der Waals surface area contributed by atoms with Crippen molar-refractivity contribution >= 4 is 66.7 Å². The van der Waals surface area contributed by atoms with Crippen LogP contribution in [-0.2, 0) is 23.9 Å². The molecule has 93 heavy (non-hydrogen) atoms. The summed E-state index contributed by atoms with van der Waals surface area (Å²) in [5.41, 5.74) is 0.731. The Morgan fingerprint density at radius 1 is 0.398 bits per heavy atom. The molecule has 2 N–H and O–H groups in total. The Bertz CT molecular complexity index is 4320. The summed E-state index contributed by atoms with van der Waals surface area (Å²) in [5.74, 6) is 3.51. The van der Waals surface area contributed by atoms with E-state index in [1.165, 1.54) is 104 Å². The first-order chi connectivity index (χ1) is 44.1. The van der Waals surface area contributed by atoms with Gasteiger partial charge >= 0.3 is 17.9 Å². The van der Waals surface area contributed by atoms with Crippen LogP contribution < -0.4 is 68.4 Å². The van der Waals surface area contributed by atoms with Crippen LogP contribution in [0.25, 0.3) is 66.9 Å². The first-order valence-electron chi connectivity index (χ1n) is 27.9. The number of ether oxygens (including phenoxy) is 13. The summed E-state index contributed by atoms with van der Waals surface area (Å²) in [6, 6.07) is 28.3. The van der Waals surface area contributed by atoms with E-state index >= 15 is 0 Å². The number of rotatable bonds is 19. The Kier molecular flexibility index (Phi) is 24.6. The van der Waals surface area contributed by atoms with Gasteiger partial charge in [0.1, 0.15) is 101 Å².